The first kappa shape index (κ1) is 15.3. The van der Waals surface area contributed by atoms with Crippen molar-refractivity contribution in [1.82, 2.24) is 4.90 Å². The summed E-state index contributed by atoms with van der Waals surface area (Å²) in [4.78, 5) is 17.8. The lowest BCUT2D eigenvalue weighted by Crippen LogP contribution is -2.49. The Kier molecular flexibility index (Phi) is 4.12. The van der Waals surface area contributed by atoms with Crippen LogP contribution in [-0.2, 0) is 0 Å². The predicted molar refractivity (Wildman–Crippen MR) is 82.7 cm³/mol. The highest BCUT2D eigenvalue weighted by Gasteiger charge is 2.42. The smallest absolute Gasteiger partial charge is 0.346 e. The molecular formula is C16H29N3O. The van der Waals surface area contributed by atoms with E-state index in [0.717, 1.165) is 18.8 Å². The molecule has 2 rings (SSSR count). The van der Waals surface area contributed by atoms with Crippen LogP contribution in [0.25, 0.3) is 0 Å². The van der Waals surface area contributed by atoms with Gasteiger partial charge in [0.1, 0.15) is 5.84 Å². The fourth-order valence-corrected chi connectivity index (χ4v) is 3.81. The molecule has 0 radical (unpaired) electrons. The Morgan fingerprint density at radius 1 is 1.20 bits per heavy atom. The highest BCUT2D eigenvalue weighted by Crippen LogP contribution is 2.42. The van der Waals surface area contributed by atoms with Crippen molar-refractivity contribution in [3.05, 3.63) is 0 Å². The number of aliphatic imine (C=N–C) groups is 1. The Morgan fingerprint density at radius 3 is 2.20 bits per heavy atom. The number of nitrogens with zero attached hydrogens (tertiary/aromatic N) is 2. The molecule has 0 aromatic rings. The van der Waals surface area contributed by atoms with Gasteiger partial charge < -0.3 is 10.6 Å². The molecule has 0 spiro atoms. The van der Waals surface area contributed by atoms with Crippen molar-refractivity contribution in [3.8, 4) is 0 Å². The van der Waals surface area contributed by atoms with E-state index in [1.807, 2.05) is 18.7 Å². The van der Waals surface area contributed by atoms with Crippen LogP contribution in [0, 0.1) is 17.3 Å². The van der Waals surface area contributed by atoms with E-state index in [-0.39, 0.29) is 18.1 Å². The predicted octanol–water partition coefficient (Wildman–Crippen LogP) is 3.41. The van der Waals surface area contributed by atoms with Gasteiger partial charge in [0.2, 0.25) is 0 Å². The normalized spacial score (nSPS) is 31.9. The van der Waals surface area contributed by atoms with E-state index >= 15 is 0 Å². The second-order valence-corrected chi connectivity index (χ2v) is 7.74. The highest BCUT2D eigenvalue weighted by molar-refractivity contribution is 6.03. The van der Waals surface area contributed by atoms with Gasteiger partial charge in [-0.3, -0.25) is 0 Å². The van der Waals surface area contributed by atoms with Gasteiger partial charge in [0.25, 0.3) is 0 Å². The van der Waals surface area contributed by atoms with Crippen LogP contribution in [0.2, 0.25) is 0 Å². The molecule has 2 amide bonds. The molecule has 2 N–H and O–H groups in total. The molecule has 1 unspecified atom stereocenters. The third-order valence-electron chi connectivity index (χ3n) is 5.05. The number of urea groups is 1. The van der Waals surface area contributed by atoms with Crippen molar-refractivity contribution in [2.45, 2.75) is 72.4 Å². The molecule has 4 heteroatoms. The monoisotopic (exact) mass is 279 g/mol. The van der Waals surface area contributed by atoms with Gasteiger partial charge in [0, 0.05) is 6.04 Å². The number of carbonyl (C=O) groups excluding carboxylic acids is 1. The van der Waals surface area contributed by atoms with Crippen molar-refractivity contribution in [3.63, 3.8) is 0 Å². The van der Waals surface area contributed by atoms with E-state index in [1.54, 1.807) is 0 Å². The molecule has 1 heterocycles. The number of hydrogen-bond donors (Lipinski definition) is 1. The number of carbonyl (C=O) groups is 1. The molecule has 4 nitrogen and oxygen atoms in total. The lowest BCUT2D eigenvalue weighted by Gasteiger charge is -2.41. The van der Waals surface area contributed by atoms with Gasteiger partial charge in [0.15, 0.2) is 0 Å². The van der Waals surface area contributed by atoms with E-state index in [9.17, 15) is 4.79 Å². The van der Waals surface area contributed by atoms with Gasteiger partial charge >= 0.3 is 6.03 Å². The van der Waals surface area contributed by atoms with Gasteiger partial charge in [0.05, 0.1) is 6.04 Å². The number of amidine groups is 1. The molecule has 20 heavy (non-hydrogen) atoms. The zero-order valence-corrected chi connectivity index (χ0v) is 13.5. The van der Waals surface area contributed by atoms with Gasteiger partial charge in [-0.1, -0.05) is 20.8 Å². The van der Waals surface area contributed by atoms with E-state index in [1.165, 1.54) is 12.8 Å². The highest BCUT2D eigenvalue weighted by atomic mass is 16.2. The van der Waals surface area contributed by atoms with Crippen molar-refractivity contribution in [1.29, 1.82) is 0 Å². The molecule has 1 fully saturated rings. The van der Waals surface area contributed by atoms with Crippen LogP contribution < -0.4 is 5.73 Å². The molecule has 114 valence electrons. The number of hydrogen-bond acceptors (Lipinski definition) is 2. The van der Waals surface area contributed by atoms with Crippen LogP contribution in [0.1, 0.15) is 60.3 Å². The van der Waals surface area contributed by atoms with Gasteiger partial charge in [-0.2, -0.15) is 4.99 Å². The van der Waals surface area contributed by atoms with Crippen LogP contribution in [-0.4, -0.2) is 28.9 Å². The molecule has 0 bridgehead atoms. The third-order valence-corrected chi connectivity index (χ3v) is 5.05. The summed E-state index contributed by atoms with van der Waals surface area (Å²) in [5, 5.41) is 0. The van der Waals surface area contributed by atoms with Crippen molar-refractivity contribution >= 4 is 11.9 Å². The molecule has 1 aliphatic heterocycles. The first-order chi connectivity index (χ1) is 9.21. The van der Waals surface area contributed by atoms with Crippen LogP contribution in [0.5, 0.6) is 0 Å². The first-order valence-electron chi connectivity index (χ1n) is 7.88. The van der Waals surface area contributed by atoms with E-state index in [4.69, 9.17) is 5.73 Å². The van der Waals surface area contributed by atoms with Crippen molar-refractivity contribution in [2.24, 2.45) is 28.0 Å². The molecule has 1 saturated carbocycles. The Hall–Kier alpha value is -1.06. The van der Waals surface area contributed by atoms with Crippen LogP contribution in [0.15, 0.2) is 4.99 Å². The molecule has 1 atom stereocenters. The number of nitrogens with two attached hydrogens (primary N) is 1. The Bertz CT molecular complexity index is 400. The summed E-state index contributed by atoms with van der Waals surface area (Å²) in [6, 6.07) is 0.0431. The van der Waals surface area contributed by atoms with Crippen molar-refractivity contribution in [2.75, 3.05) is 0 Å². The van der Waals surface area contributed by atoms with Gasteiger partial charge in [-0.15, -0.1) is 0 Å². The molecule has 0 aromatic heterocycles. The Morgan fingerprint density at radius 2 is 1.75 bits per heavy atom. The zero-order valence-electron chi connectivity index (χ0n) is 13.5. The van der Waals surface area contributed by atoms with Gasteiger partial charge in [-0.05, 0) is 56.8 Å². The minimum Gasteiger partial charge on any atom is -0.385 e. The van der Waals surface area contributed by atoms with Crippen LogP contribution in [0.3, 0.4) is 0 Å². The molecular weight excluding hydrogens is 250 g/mol. The zero-order chi connectivity index (χ0) is 15.1. The van der Waals surface area contributed by atoms with Crippen molar-refractivity contribution < 1.29 is 4.79 Å². The Balaban J connectivity index is 2.06. The third kappa shape index (κ3) is 2.84. The maximum absolute atomic E-state index is 12.0. The summed E-state index contributed by atoms with van der Waals surface area (Å²) in [7, 11) is 0. The largest absolute Gasteiger partial charge is 0.385 e. The van der Waals surface area contributed by atoms with E-state index < -0.39 is 0 Å². The maximum atomic E-state index is 12.0. The summed E-state index contributed by atoms with van der Waals surface area (Å²) in [6.45, 7) is 11.1. The second-order valence-electron chi connectivity index (χ2n) is 7.74. The minimum atomic E-state index is -0.152. The fraction of sp³-hybridized carbons (Fsp3) is 0.875. The number of amides is 2. The Labute approximate surface area is 122 Å². The first-order valence-corrected chi connectivity index (χ1v) is 7.88. The summed E-state index contributed by atoms with van der Waals surface area (Å²) >= 11 is 0. The summed E-state index contributed by atoms with van der Waals surface area (Å²) < 4.78 is 0. The minimum absolute atomic E-state index is 0.0309. The van der Waals surface area contributed by atoms with Crippen LogP contribution in [0.4, 0.5) is 4.79 Å². The fourth-order valence-electron chi connectivity index (χ4n) is 3.81. The average Bonchev–Trinajstić information content (AvgIpc) is 2.63. The number of rotatable bonds is 2. The summed E-state index contributed by atoms with van der Waals surface area (Å²) in [6.07, 6.45) is 4.77. The quantitative estimate of drug-likeness (QED) is 0.842. The van der Waals surface area contributed by atoms with Gasteiger partial charge in [-0.25, -0.2) is 4.79 Å². The second kappa shape index (κ2) is 5.38. The summed E-state index contributed by atoms with van der Waals surface area (Å²) in [5.74, 6) is 1.79. The molecule has 2 aliphatic rings. The standard InChI is InChI=1S/C16H29N3O/c1-10(2)19-13(14(17)18-15(19)20)11-6-8-12(9-7-11)16(3,4)5/h10-13H,6-9H2,1-5H3,(H2,17,18,20). The average molecular weight is 279 g/mol. The van der Waals surface area contributed by atoms with E-state index in [2.05, 4.69) is 25.8 Å². The van der Waals surface area contributed by atoms with E-state index in [0.29, 0.717) is 17.2 Å². The maximum Gasteiger partial charge on any atom is 0.346 e. The lowest BCUT2D eigenvalue weighted by atomic mass is 9.68. The lowest BCUT2D eigenvalue weighted by molar-refractivity contribution is 0.110. The van der Waals surface area contributed by atoms with Crippen LogP contribution >= 0.6 is 0 Å². The topological polar surface area (TPSA) is 58.7 Å². The molecule has 0 saturated heterocycles. The molecule has 0 aromatic carbocycles. The molecule has 1 aliphatic carbocycles. The SMILES string of the molecule is CC(C)N1C(=O)N=C(N)C1C1CCC(C(C)(C)C)CC1. The summed E-state index contributed by atoms with van der Waals surface area (Å²) in [5.41, 5.74) is 6.42.